The first-order chi connectivity index (χ1) is 12.6. The first kappa shape index (κ1) is 20.6. The topological polar surface area (TPSA) is 69.4 Å². The summed E-state index contributed by atoms with van der Waals surface area (Å²) >= 11 is 0. The van der Waals surface area contributed by atoms with Gasteiger partial charge in [-0.15, -0.1) is 0 Å². The van der Waals surface area contributed by atoms with Gasteiger partial charge in [0.25, 0.3) is 0 Å². The number of rotatable bonds is 9. The van der Waals surface area contributed by atoms with Crippen molar-refractivity contribution in [3.05, 3.63) is 35.4 Å². The van der Waals surface area contributed by atoms with Crippen LogP contribution in [0.15, 0.2) is 24.3 Å². The van der Waals surface area contributed by atoms with Gasteiger partial charge in [0.1, 0.15) is 0 Å². The van der Waals surface area contributed by atoms with Crippen LogP contribution in [-0.2, 0) is 9.53 Å². The van der Waals surface area contributed by atoms with E-state index >= 15 is 0 Å². The molecular formula is C22H33NO3. The Hall–Kier alpha value is -1.68. The summed E-state index contributed by atoms with van der Waals surface area (Å²) in [6.45, 7) is 5.06. The lowest BCUT2D eigenvalue weighted by molar-refractivity contribution is -0.145. The predicted octanol–water partition coefficient (Wildman–Crippen LogP) is 4.47. The van der Waals surface area contributed by atoms with Gasteiger partial charge in [-0.2, -0.15) is 0 Å². The second kappa shape index (κ2) is 10.5. The maximum Gasteiger partial charge on any atom is 0.313 e. The summed E-state index contributed by atoms with van der Waals surface area (Å²) in [5, 5.41) is 0. The second-order valence-corrected chi connectivity index (χ2v) is 7.39. The fourth-order valence-corrected chi connectivity index (χ4v) is 3.85. The largest absolute Gasteiger partial charge is 0.466 e. The summed E-state index contributed by atoms with van der Waals surface area (Å²) in [6.07, 6.45) is 6.77. The standard InChI is InChI=1S/C22H33NO3/c1-3-5-6-20(22(25)26-4-2)17-11-13-19(14-12-17)21(24)18-9-7-16(15-23)8-10-18/h11-14,16,18,20H,3-10,15,23H2,1-2H3. The molecule has 1 saturated carbocycles. The van der Waals surface area contributed by atoms with Gasteiger partial charge in [0, 0.05) is 11.5 Å². The van der Waals surface area contributed by atoms with E-state index < -0.39 is 0 Å². The number of nitrogens with two attached hydrogens (primary N) is 1. The smallest absolute Gasteiger partial charge is 0.313 e. The Bertz CT molecular complexity index is 574. The molecule has 1 aromatic rings. The molecular weight excluding hydrogens is 326 g/mol. The third kappa shape index (κ3) is 5.41. The van der Waals surface area contributed by atoms with E-state index in [0.717, 1.165) is 62.6 Å². The first-order valence-corrected chi connectivity index (χ1v) is 10.1. The van der Waals surface area contributed by atoms with Crippen molar-refractivity contribution in [2.24, 2.45) is 17.6 Å². The first-order valence-electron chi connectivity index (χ1n) is 10.1. The van der Waals surface area contributed by atoms with Crippen LogP contribution in [-0.4, -0.2) is 24.9 Å². The van der Waals surface area contributed by atoms with Gasteiger partial charge in [-0.1, -0.05) is 44.0 Å². The molecule has 0 aliphatic heterocycles. The minimum atomic E-state index is -0.237. The molecule has 1 atom stereocenters. The highest BCUT2D eigenvalue weighted by atomic mass is 16.5. The lowest BCUT2D eigenvalue weighted by Gasteiger charge is -2.26. The van der Waals surface area contributed by atoms with E-state index in [4.69, 9.17) is 10.5 Å². The van der Waals surface area contributed by atoms with Crippen LogP contribution in [0.5, 0.6) is 0 Å². The Kier molecular flexibility index (Phi) is 8.30. The average Bonchev–Trinajstić information content (AvgIpc) is 2.68. The zero-order valence-electron chi connectivity index (χ0n) is 16.2. The van der Waals surface area contributed by atoms with Gasteiger partial charge in [-0.25, -0.2) is 0 Å². The maximum absolute atomic E-state index is 12.8. The van der Waals surface area contributed by atoms with Gasteiger partial charge in [0.15, 0.2) is 5.78 Å². The molecule has 0 heterocycles. The molecule has 2 rings (SSSR count). The van der Waals surface area contributed by atoms with E-state index in [1.165, 1.54) is 0 Å². The fourth-order valence-electron chi connectivity index (χ4n) is 3.85. The number of esters is 1. The van der Waals surface area contributed by atoms with Crippen molar-refractivity contribution in [2.45, 2.75) is 64.7 Å². The number of unbranched alkanes of at least 4 members (excludes halogenated alkanes) is 1. The molecule has 1 aromatic carbocycles. The van der Waals surface area contributed by atoms with E-state index in [0.29, 0.717) is 12.5 Å². The molecule has 0 bridgehead atoms. The van der Waals surface area contributed by atoms with Crippen LogP contribution in [0.4, 0.5) is 0 Å². The van der Waals surface area contributed by atoms with Crippen molar-refractivity contribution in [1.29, 1.82) is 0 Å². The van der Waals surface area contributed by atoms with Crippen molar-refractivity contribution in [3.8, 4) is 0 Å². The zero-order chi connectivity index (χ0) is 18.9. The normalized spacial score (nSPS) is 21.2. The van der Waals surface area contributed by atoms with Gasteiger partial charge in [-0.05, 0) is 57.1 Å². The molecule has 4 heteroatoms. The summed E-state index contributed by atoms with van der Waals surface area (Å²) in [6, 6.07) is 7.61. The highest BCUT2D eigenvalue weighted by Gasteiger charge is 2.27. The van der Waals surface area contributed by atoms with Crippen molar-refractivity contribution >= 4 is 11.8 Å². The minimum Gasteiger partial charge on any atom is -0.466 e. The Labute approximate surface area is 157 Å². The highest BCUT2D eigenvalue weighted by Crippen LogP contribution is 2.31. The second-order valence-electron chi connectivity index (χ2n) is 7.39. The molecule has 0 spiro atoms. The van der Waals surface area contributed by atoms with E-state index in [1.54, 1.807) is 0 Å². The third-order valence-electron chi connectivity index (χ3n) is 5.57. The molecule has 1 aliphatic rings. The Balaban J connectivity index is 2.05. The summed E-state index contributed by atoms with van der Waals surface area (Å²) < 4.78 is 5.23. The SMILES string of the molecule is CCCCC(C(=O)OCC)c1ccc(C(=O)C2CCC(CN)CC2)cc1. The minimum absolute atomic E-state index is 0.115. The number of carbonyl (C=O) groups excluding carboxylic acids is 2. The van der Waals surface area contributed by atoms with Crippen LogP contribution in [0, 0.1) is 11.8 Å². The van der Waals surface area contributed by atoms with Crippen LogP contribution < -0.4 is 5.73 Å². The lowest BCUT2D eigenvalue weighted by atomic mass is 9.78. The molecule has 0 aromatic heterocycles. The molecule has 1 aliphatic carbocycles. The molecule has 26 heavy (non-hydrogen) atoms. The number of benzene rings is 1. The fraction of sp³-hybridized carbons (Fsp3) is 0.636. The third-order valence-corrected chi connectivity index (χ3v) is 5.57. The number of Topliss-reactive ketones (excluding diaryl/α,β-unsaturated/α-hetero) is 1. The van der Waals surface area contributed by atoms with E-state index in [-0.39, 0.29) is 23.6 Å². The van der Waals surface area contributed by atoms with Crippen LogP contribution >= 0.6 is 0 Å². The number of hydrogen-bond donors (Lipinski definition) is 1. The van der Waals surface area contributed by atoms with Gasteiger partial charge in [0.2, 0.25) is 0 Å². The van der Waals surface area contributed by atoms with Gasteiger partial charge < -0.3 is 10.5 Å². The zero-order valence-corrected chi connectivity index (χ0v) is 16.2. The van der Waals surface area contributed by atoms with Gasteiger partial charge in [-0.3, -0.25) is 9.59 Å². The molecule has 2 N–H and O–H groups in total. The van der Waals surface area contributed by atoms with Crippen molar-refractivity contribution < 1.29 is 14.3 Å². The molecule has 0 saturated heterocycles. The molecule has 0 radical (unpaired) electrons. The monoisotopic (exact) mass is 359 g/mol. The Morgan fingerprint density at radius 3 is 2.31 bits per heavy atom. The lowest BCUT2D eigenvalue weighted by Crippen LogP contribution is -2.25. The summed E-state index contributed by atoms with van der Waals surface area (Å²) in [7, 11) is 0. The Morgan fingerprint density at radius 1 is 1.12 bits per heavy atom. The molecule has 1 unspecified atom stereocenters. The van der Waals surface area contributed by atoms with Crippen molar-refractivity contribution in [2.75, 3.05) is 13.2 Å². The number of ketones is 1. The summed E-state index contributed by atoms with van der Waals surface area (Å²) in [4.78, 5) is 25.0. The highest BCUT2D eigenvalue weighted by molar-refractivity contribution is 5.98. The van der Waals surface area contributed by atoms with E-state index in [1.807, 2.05) is 31.2 Å². The van der Waals surface area contributed by atoms with Crippen molar-refractivity contribution in [3.63, 3.8) is 0 Å². The number of hydrogen-bond acceptors (Lipinski definition) is 4. The molecule has 1 fully saturated rings. The van der Waals surface area contributed by atoms with Crippen LogP contribution in [0.2, 0.25) is 0 Å². The van der Waals surface area contributed by atoms with Crippen LogP contribution in [0.25, 0.3) is 0 Å². The maximum atomic E-state index is 12.8. The predicted molar refractivity (Wildman–Crippen MR) is 104 cm³/mol. The number of carbonyl (C=O) groups is 2. The summed E-state index contributed by atoms with van der Waals surface area (Å²) in [5.74, 6) is 0.516. The Morgan fingerprint density at radius 2 is 1.77 bits per heavy atom. The van der Waals surface area contributed by atoms with Gasteiger partial charge >= 0.3 is 5.97 Å². The van der Waals surface area contributed by atoms with Crippen LogP contribution in [0.1, 0.15) is 80.6 Å². The van der Waals surface area contributed by atoms with E-state index in [9.17, 15) is 9.59 Å². The average molecular weight is 360 g/mol. The van der Waals surface area contributed by atoms with Crippen molar-refractivity contribution in [1.82, 2.24) is 0 Å². The number of ether oxygens (including phenoxy) is 1. The van der Waals surface area contributed by atoms with E-state index in [2.05, 4.69) is 6.92 Å². The quantitative estimate of drug-likeness (QED) is 0.522. The molecule has 0 amide bonds. The van der Waals surface area contributed by atoms with Gasteiger partial charge in [0.05, 0.1) is 12.5 Å². The van der Waals surface area contributed by atoms with Crippen LogP contribution in [0.3, 0.4) is 0 Å². The molecule has 4 nitrogen and oxygen atoms in total. The summed E-state index contributed by atoms with van der Waals surface area (Å²) in [5.41, 5.74) is 7.44. The molecule has 144 valence electrons.